The zero-order valence-electron chi connectivity index (χ0n) is 16.5. The number of hydrogen-bond donors (Lipinski definition) is 2. The van der Waals surface area contributed by atoms with Crippen molar-refractivity contribution < 1.29 is 19.7 Å². The number of ether oxygens (including phenoxy) is 1. The second-order valence-electron chi connectivity index (χ2n) is 10.3. The third kappa shape index (κ3) is 2.32. The number of allylic oxidation sites excluding steroid dienone is 2. The second kappa shape index (κ2) is 5.70. The highest BCUT2D eigenvalue weighted by atomic mass is 16.5. The number of fused-ring (bicyclic) bond motifs is 5. The molecule has 3 fully saturated rings. The Hall–Kier alpha value is -1.13. The van der Waals surface area contributed by atoms with Gasteiger partial charge in [0.25, 0.3) is 0 Å². The van der Waals surface area contributed by atoms with Crippen LogP contribution >= 0.6 is 0 Å². The number of aliphatic hydroxyl groups is 2. The van der Waals surface area contributed by atoms with E-state index >= 15 is 0 Å². The summed E-state index contributed by atoms with van der Waals surface area (Å²) in [5.74, 6) is 1.23. The molecule has 0 radical (unpaired) electrons. The summed E-state index contributed by atoms with van der Waals surface area (Å²) in [5.41, 5.74) is 2.07. The predicted molar refractivity (Wildman–Crippen MR) is 102 cm³/mol. The monoisotopic (exact) mass is 372 g/mol. The average Bonchev–Trinajstić information content (AvgIpc) is 3.18. The lowest BCUT2D eigenvalue weighted by Crippen LogP contribution is -2.61. The zero-order chi connectivity index (χ0) is 19.0. The number of aliphatic hydroxyl groups excluding tert-OH is 1. The Labute approximate surface area is 161 Å². The summed E-state index contributed by atoms with van der Waals surface area (Å²) < 4.78 is 5.21. The highest BCUT2D eigenvalue weighted by Crippen LogP contribution is 2.67. The maximum atomic E-state index is 11.6. The zero-order valence-corrected chi connectivity index (χ0v) is 16.5. The van der Waals surface area contributed by atoms with Gasteiger partial charge in [-0.05, 0) is 79.1 Å². The molecule has 4 heteroatoms. The summed E-state index contributed by atoms with van der Waals surface area (Å²) in [6.07, 6.45) is 11.2. The lowest BCUT2D eigenvalue weighted by Gasteiger charge is -2.63. The van der Waals surface area contributed by atoms with E-state index in [2.05, 4.69) is 19.9 Å². The molecule has 148 valence electrons. The first kappa shape index (κ1) is 17.9. The number of rotatable bonds is 1. The molecule has 3 saturated carbocycles. The van der Waals surface area contributed by atoms with Gasteiger partial charge < -0.3 is 14.9 Å². The Kier molecular flexibility index (Phi) is 3.78. The Morgan fingerprint density at radius 3 is 2.70 bits per heavy atom. The first-order valence-corrected chi connectivity index (χ1v) is 10.8. The van der Waals surface area contributed by atoms with Crippen LogP contribution in [0.2, 0.25) is 0 Å². The number of esters is 1. The van der Waals surface area contributed by atoms with Crippen molar-refractivity contribution in [2.75, 3.05) is 6.61 Å². The number of cyclic esters (lactones) is 1. The van der Waals surface area contributed by atoms with Gasteiger partial charge in [-0.25, -0.2) is 4.79 Å². The maximum Gasteiger partial charge on any atom is 0.331 e. The lowest BCUT2D eigenvalue weighted by atomic mass is 9.44. The molecule has 2 N–H and O–H groups in total. The summed E-state index contributed by atoms with van der Waals surface area (Å²) in [7, 11) is 0. The Morgan fingerprint density at radius 1 is 1.15 bits per heavy atom. The summed E-state index contributed by atoms with van der Waals surface area (Å²) in [6.45, 7) is 5.14. The number of carbonyl (C=O) groups excluding carboxylic acids is 1. The van der Waals surface area contributed by atoms with Crippen molar-refractivity contribution in [1.29, 1.82) is 0 Å². The van der Waals surface area contributed by atoms with Crippen molar-refractivity contribution in [1.82, 2.24) is 0 Å². The van der Waals surface area contributed by atoms with Gasteiger partial charge in [0, 0.05) is 12.5 Å². The lowest BCUT2D eigenvalue weighted by molar-refractivity contribution is -0.201. The number of carbonyl (C=O) groups is 1. The fraction of sp³-hybridized carbons (Fsp3) is 0.783. The predicted octanol–water partition coefficient (Wildman–Crippen LogP) is 3.52. The molecule has 5 aliphatic rings. The van der Waals surface area contributed by atoms with Crippen LogP contribution in [0, 0.1) is 28.6 Å². The van der Waals surface area contributed by atoms with Gasteiger partial charge in [0.05, 0.1) is 11.7 Å². The molecule has 5 rings (SSSR count). The SMILES string of the molecule is C[C@]12CC[C@H]3[C@@H](CC[C@]4(O)C[C@@H](O)CC[C@]34C)C1=CC[C@@H]2C1=CC(=O)OC1. The fourth-order valence-corrected chi connectivity index (χ4v) is 7.71. The van der Waals surface area contributed by atoms with Gasteiger partial charge in [0.15, 0.2) is 0 Å². The van der Waals surface area contributed by atoms with Gasteiger partial charge in [-0.15, -0.1) is 0 Å². The van der Waals surface area contributed by atoms with E-state index in [0.29, 0.717) is 30.8 Å². The molecule has 0 bridgehead atoms. The van der Waals surface area contributed by atoms with E-state index in [1.165, 1.54) is 5.57 Å². The molecule has 0 amide bonds. The minimum atomic E-state index is -0.716. The molecule has 0 aromatic carbocycles. The normalized spacial score (nSPS) is 51.6. The largest absolute Gasteiger partial charge is 0.458 e. The second-order valence-corrected chi connectivity index (χ2v) is 10.3. The van der Waals surface area contributed by atoms with E-state index in [1.54, 1.807) is 11.6 Å². The Bertz CT molecular complexity index is 739. The topological polar surface area (TPSA) is 66.8 Å². The Balaban J connectivity index is 1.46. The standard InChI is InChI=1S/C23H32O4/c1-21-8-7-19-16(6-10-23(26)12-15(24)5-9-22(19,23)2)18(21)4-3-17(21)14-11-20(25)27-13-14/h4,11,15-17,19,24,26H,3,5-10,12-13H2,1-2H3/t15-,16-,17+,19-,21+,22+,23-/m0/s1. The number of hydrogen-bond acceptors (Lipinski definition) is 4. The molecular formula is C23H32O4. The smallest absolute Gasteiger partial charge is 0.331 e. The van der Waals surface area contributed by atoms with Crippen LogP contribution in [0.1, 0.15) is 65.2 Å². The highest BCUT2D eigenvalue weighted by molar-refractivity contribution is 5.85. The minimum Gasteiger partial charge on any atom is -0.458 e. The van der Waals surface area contributed by atoms with Gasteiger partial charge in [-0.1, -0.05) is 25.5 Å². The summed E-state index contributed by atoms with van der Waals surface area (Å²) >= 11 is 0. The Morgan fingerprint density at radius 2 is 1.96 bits per heavy atom. The average molecular weight is 373 g/mol. The summed E-state index contributed by atoms with van der Waals surface area (Å²) in [6, 6.07) is 0. The van der Waals surface area contributed by atoms with Gasteiger partial charge >= 0.3 is 5.97 Å². The summed E-state index contributed by atoms with van der Waals surface area (Å²) in [5, 5.41) is 21.7. The van der Waals surface area contributed by atoms with Crippen LogP contribution in [-0.4, -0.2) is 34.5 Å². The summed E-state index contributed by atoms with van der Waals surface area (Å²) in [4.78, 5) is 11.6. The molecule has 1 heterocycles. The van der Waals surface area contributed by atoms with Gasteiger partial charge in [-0.3, -0.25) is 0 Å². The third-order valence-electron chi connectivity index (χ3n) is 9.31. The van der Waals surface area contributed by atoms with E-state index in [0.717, 1.165) is 44.9 Å². The van der Waals surface area contributed by atoms with E-state index in [1.807, 2.05) is 0 Å². The van der Waals surface area contributed by atoms with E-state index in [4.69, 9.17) is 4.74 Å². The quantitative estimate of drug-likeness (QED) is 0.546. The van der Waals surface area contributed by atoms with Crippen LogP contribution in [0.3, 0.4) is 0 Å². The van der Waals surface area contributed by atoms with Crippen LogP contribution in [0.25, 0.3) is 0 Å². The maximum absolute atomic E-state index is 11.6. The van der Waals surface area contributed by atoms with Crippen LogP contribution < -0.4 is 0 Å². The first-order chi connectivity index (χ1) is 12.8. The van der Waals surface area contributed by atoms with Crippen LogP contribution in [0.4, 0.5) is 0 Å². The van der Waals surface area contributed by atoms with Crippen molar-refractivity contribution in [3.63, 3.8) is 0 Å². The third-order valence-corrected chi connectivity index (χ3v) is 9.31. The molecule has 0 unspecified atom stereocenters. The van der Waals surface area contributed by atoms with Crippen LogP contribution in [0.5, 0.6) is 0 Å². The van der Waals surface area contributed by atoms with Crippen molar-refractivity contribution >= 4 is 5.97 Å². The van der Waals surface area contributed by atoms with E-state index in [9.17, 15) is 15.0 Å². The van der Waals surface area contributed by atoms with Crippen molar-refractivity contribution in [3.8, 4) is 0 Å². The molecule has 27 heavy (non-hydrogen) atoms. The van der Waals surface area contributed by atoms with Crippen molar-refractivity contribution in [2.24, 2.45) is 28.6 Å². The van der Waals surface area contributed by atoms with Gasteiger partial charge in [-0.2, -0.15) is 0 Å². The molecule has 0 aromatic rings. The molecule has 4 aliphatic carbocycles. The first-order valence-electron chi connectivity index (χ1n) is 10.8. The minimum absolute atomic E-state index is 0.0961. The highest BCUT2D eigenvalue weighted by Gasteiger charge is 2.63. The van der Waals surface area contributed by atoms with Gasteiger partial charge in [0.1, 0.15) is 6.61 Å². The molecule has 0 aromatic heterocycles. The molecule has 0 saturated heterocycles. The molecule has 1 aliphatic heterocycles. The van der Waals surface area contributed by atoms with E-state index < -0.39 is 5.60 Å². The fourth-order valence-electron chi connectivity index (χ4n) is 7.71. The molecule has 4 nitrogen and oxygen atoms in total. The van der Waals surface area contributed by atoms with Gasteiger partial charge in [0.2, 0.25) is 0 Å². The van der Waals surface area contributed by atoms with Crippen LogP contribution in [-0.2, 0) is 9.53 Å². The van der Waals surface area contributed by atoms with Crippen LogP contribution in [0.15, 0.2) is 23.3 Å². The molecule has 7 atom stereocenters. The molecule has 0 spiro atoms. The van der Waals surface area contributed by atoms with Crippen molar-refractivity contribution in [3.05, 3.63) is 23.3 Å². The molecular weight excluding hydrogens is 340 g/mol. The van der Waals surface area contributed by atoms with E-state index in [-0.39, 0.29) is 22.9 Å². The van der Waals surface area contributed by atoms with Crippen molar-refractivity contribution in [2.45, 2.75) is 76.9 Å².